The van der Waals surface area contributed by atoms with E-state index in [2.05, 4.69) is 33.3 Å². The third-order valence-corrected chi connectivity index (χ3v) is 8.22. The van der Waals surface area contributed by atoms with E-state index in [1.54, 1.807) is 11.0 Å². The zero-order valence-corrected chi connectivity index (χ0v) is 21.7. The Morgan fingerprint density at radius 2 is 1.69 bits per heavy atom. The molecule has 0 radical (unpaired) electrons. The largest absolute Gasteiger partial charge is 0.508 e. The van der Waals surface area contributed by atoms with E-state index in [9.17, 15) is 15.0 Å². The van der Waals surface area contributed by atoms with Crippen LogP contribution in [0.1, 0.15) is 65.2 Å². The van der Waals surface area contributed by atoms with E-state index in [1.807, 2.05) is 13.8 Å². The summed E-state index contributed by atoms with van der Waals surface area (Å²) in [6.45, 7) is 13.1. The van der Waals surface area contributed by atoms with Crippen molar-refractivity contribution in [3.63, 3.8) is 0 Å². The molecule has 3 aliphatic rings. The summed E-state index contributed by atoms with van der Waals surface area (Å²) in [7, 11) is 0. The van der Waals surface area contributed by atoms with Crippen molar-refractivity contribution in [1.82, 2.24) is 20.0 Å². The van der Waals surface area contributed by atoms with Gasteiger partial charge in [0.15, 0.2) is 0 Å². The number of nitrogens with zero attached hydrogens (tertiary/aromatic N) is 3. The second-order valence-electron chi connectivity index (χ2n) is 11.0. The molecule has 0 spiro atoms. The second kappa shape index (κ2) is 10.8. The van der Waals surface area contributed by atoms with Crippen molar-refractivity contribution in [3.8, 4) is 11.5 Å². The van der Waals surface area contributed by atoms with Gasteiger partial charge in [-0.1, -0.05) is 32.0 Å². The van der Waals surface area contributed by atoms with Crippen LogP contribution < -0.4 is 5.32 Å². The maximum atomic E-state index is 13.3. The Kier molecular flexibility index (Phi) is 7.51. The maximum Gasteiger partial charge on any atom is 0.258 e. The van der Waals surface area contributed by atoms with Gasteiger partial charge in [-0.05, 0) is 66.6 Å². The van der Waals surface area contributed by atoms with Crippen molar-refractivity contribution in [3.05, 3.63) is 58.1 Å². The van der Waals surface area contributed by atoms with E-state index in [0.29, 0.717) is 18.7 Å². The summed E-state index contributed by atoms with van der Waals surface area (Å²) in [6.07, 6.45) is 3.56. The van der Waals surface area contributed by atoms with Gasteiger partial charge < -0.3 is 25.3 Å². The Morgan fingerprint density at radius 3 is 2.42 bits per heavy atom. The highest BCUT2D eigenvalue weighted by Gasteiger charge is 2.28. The number of carbonyl (C=O) groups excluding carboxylic acids is 1. The molecule has 3 heterocycles. The number of hydrogen-bond acceptors (Lipinski definition) is 6. The summed E-state index contributed by atoms with van der Waals surface area (Å²) in [5.74, 6) is -0.275. The number of phenols is 2. The highest BCUT2D eigenvalue weighted by molar-refractivity contribution is 5.97. The molecule has 36 heavy (non-hydrogen) atoms. The Morgan fingerprint density at radius 1 is 0.972 bits per heavy atom. The number of aromatic hydroxyl groups is 2. The fourth-order valence-electron chi connectivity index (χ4n) is 5.99. The van der Waals surface area contributed by atoms with Gasteiger partial charge in [-0.25, -0.2) is 0 Å². The third kappa shape index (κ3) is 5.38. The molecule has 1 amide bonds. The number of phenolic OH excluding ortho intramolecular Hbond substituents is 2. The normalized spacial score (nSPS) is 19.7. The Labute approximate surface area is 214 Å². The molecule has 0 aliphatic carbocycles. The fourth-order valence-corrected chi connectivity index (χ4v) is 5.99. The van der Waals surface area contributed by atoms with Crippen LogP contribution in [0, 0.1) is 0 Å². The fraction of sp³-hybridized carbons (Fsp3) is 0.552. The monoisotopic (exact) mass is 492 g/mol. The number of benzene rings is 2. The molecule has 7 heteroatoms. The molecule has 0 atom stereocenters. The number of carbonyl (C=O) groups is 1. The smallest absolute Gasteiger partial charge is 0.258 e. The molecule has 3 N–H and O–H groups in total. The minimum absolute atomic E-state index is 0.0291. The summed E-state index contributed by atoms with van der Waals surface area (Å²) in [5, 5.41) is 23.9. The summed E-state index contributed by atoms with van der Waals surface area (Å²) >= 11 is 0. The Bertz CT molecular complexity index is 1090. The second-order valence-corrected chi connectivity index (χ2v) is 11.0. The molecule has 2 aromatic rings. The van der Waals surface area contributed by atoms with Gasteiger partial charge in [0, 0.05) is 57.9 Å². The van der Waals surface area contributed by atoms with Crippen LogP contribution in [-0.4, -0.2) is 82.7 Å². The lowest BCUT2D eigenvalue weighted by atomic mass is 9.98. The lowest BCUT2D eigenvalue weighted by Gasteiger charge is -2.40. The third-order valence-electron chi connectivity index (χ3n) is 8.22. The van der Waals surface area contributed by atoms with Crippen LogP contribution in [0.5, 0.6) is 11.5 Å². The minimum atomic E-state index is -0.195. The van der Waals surface area contributed by atoms with Crippen LogP contribution in [0.3, 0.4) is 0 Å². The van der Waals surface area contributed by atoms with Crippen molar-refractivity contribution in [2.75, 3.05) is 45.8 Å². The van der Waals surface area contributed by atoms with Crippen LogP contribution in [0.2, 0.25) is 0 Å². The molecule has 0 saturated carbocycles. The molecule has 7 nitrogen and oxygen atoms in total. The van der Waals surface area contributed by atoms with Gasteiger partial charge in [-0.3, -0.25) is 9.69 Å². The number of piperazine rings is 1. The van der Waals surface area contributed by atoms with E-state index in [1.165, 1.54) is 61.8 Å². The first-order chi connectivity index (χ1) is 17.4. The Hall–Kier alpha value is -2.61. The van der Waals surface area contributed by atoms with Crippen LogP contribution >= 0.6 is 0 Å². The number of fused-ring (bicyclic) bond motifs is 1. The summed E-state index contributed by atoms with van der Waals surface area (Å²) in [4.78, 5) is 20.3. The lowest BCUT2D eigenvalue weighted by Crippen LogP contribution is -2.52. The van der Waals surface area contributed by atoms with Crippen molar-refractivity contribution in [1.29, 1.82) is 0 Å². The van der Waals surface area contributed by atoms with Crippen LogP contribution in [0.25, 0.3) is 0 Å². The van der Waals surface area contributed by atoms with E-state index in [0.717, 1.165) is 32.1 Å². The van der Waals surface area contributed by atoms with E-state index >= 15 is 0 Å². The van der Waals surface area contributed by atoms with Gasteiger partial charge in [0.2, 0.25) is 0 Å². The van der Waals surface area contributed by atoms with Gasteiger partial charge in [0.1, 0.15) is 11.5 Å². The first kappa shape index (κ1) is 25.1. The zero-order valence-electron chi connectivity index (χ0n) is 21.7. The van der Waals surface area contributed by atoms with E-state index in [-0.39, 0.29) is 28.9 Å². The predicted molar refractivity (Wildman–Crippen MR) is 141 cm³/mol. The minimum Gasteiger partial charge on any atom is -0.508 e. The van der Waals surface area contributed by atoms with E-state index < -0.39 is 0 Å². The molecule has 194 valence electrons. The molecule has 2 fully saturated rings. The molecule has 0 aromatic heterocycles. The first-order valence-corrected chi connectivity index (χ1v) is 13.5. The number of likely N-dealkylation sites (tertiary alicyclic amines) is 1. The van der Waals surface area contributed by atoms with Crippen LogP contribution in [0.15, 0.2) is 30.3 Å². The Balaban J connectivity index is 1.16. The number of amides is 1. The lowest BCUT2D eigenvalue weighted by molar-refractivity contribution is 0.0748. The molecular weight excluding hydrogens is 452 g/mol. The standard InChI is InChI=1S/C29H40N4O3/c1-20(2)25-16-26(28(35)17-27(25)34)29(36)33-18-22-4-3-21(15-23(22)19-33)5-10-31-11-6-24(7-12-31)32-13-8-30-9-14-32/h3-4,15-17,20,24,30,34-35H,5-14,18-19H2,1-2H3. The molecule has 0 unspecified atom stereocenters. The number of rotatable bonds is 6. The van der Waals surface area contributed by atoms with Crippen LogP contribution in [0.4, 0.5) is 0 Å². The van der Waals surface area contributed by atoms with Crippen molar-refractivity contribution in [2.24, 2.45) is 0 Å². The molecule has 5 rings (SSSR count). The topological polar surface area (TPSA) is 79.3 Å². The SMILES string of the molecule is CC(C)c1cc(C(=O)N2Cc3ccc(CCN4CCC(N5CCNCC5)CC4)cc3C2)c(O)cc1O. The molecular formula is C29H40N4O3. The summed E-state index contributed by atoms with van der Waals surface area (Å²) in [6, 6.07) is 10.3. The molecule has 3 aliphatic heterocycles. The van der Waals surface area contributed by atoms with Gasteiger partial charge in [0.05, 0.1) is 5.56 Å². The first-order valence-electron chi connectivity index (χ1n) is 13.5. The number of hydrogen-bond donors (Lipinski definition) is 3. The van der Waals surface area contributed by atoms with Gasteiger partial charge in [0.25, 0.3) is 5.91 Å². The number of piperidine rings is 1. The van der Waals surface area contributed by atoms with Crippen molar-refractivity contribution in [2.45, 2.75) is 58.2 Å². The molecule has 2 saturated heterocycles. The van der Waals surface area contributed by atoms with Gasteiger partial charge in [-0.2, -0.15) is 0 Å². The highest BCUT2D eigenvalue weighted by Crippen LogP contribution is 2.34. The zero-order chi connectivity index (χ0) is 25.2. The van der Waals surface area contributed by atoms with Gasteiger partial charge >= 0.3 is 0 Å². The quantitative estimate of drug-likeness (QED) is 0.574. The van der Waals surface area contributed by atoms with Crippen molar-refractivity contribution < 1.29 is 15.0 Å². The summed E-state index contributed by atoms with van der Waals surface area (Å²) < 4.78 is 0. The predicted octanol–water partition coefficient (Wildman–Crippen LogP) is 3.29. The average molecular weight is 493 g/mol. The van der Waals surface area contributed by atoms with Crippen molar-refractivity contribution >= 4 is 5.91 Å². The highest BCUT2D eigenvalue weighted by atomic mass is 16.3. The number of nitrogens with one attached hydrogen (secondary N) is 1. The average Bonchev–Trinajstić information content (AvgIpc) is 3.31. The van der Waals surface area contributed by atoms with E-state index in [4.69, 9.17) is 0 Å². The van der Waals surface area contributed by atoms with Crippen LogP contribution in [-0.2, 0) is 19.5 Å². The van der Waals surface area contributed by atoms with Gasteiger partial charge in [-0.15, -0.1) is 0 Å². The molecule has 2 aromatic carbocycles. The maximum absolute atomic E-state index is 13.3. The molecule has 0 bridgehead atoms. The summed E-state index contributed by atoms with van der Waals surface area (Å²) in [5.41, 5.74) is 4.62.